The van der Waals surface area contributed by atoms with Gasteiger partial charge in [-0.05, 0) is 0 Å². The predicted octanol–water partition coefficient (Wildman–Crippen LogP) is 1.21. The highest BCUT2D eigenvalue weighted by molar-refractivity contribution is 6.16. The van der Waals surface area contributed by atoms with Gasteiger partial charge in [0.25, 0.3) is 5.55 Å². The summed E-state index contributed by atoms with van der Waals surface area (Å²) in [5.74, 6) is 0.231. The Balaban J connectivity index is 0.00000128. The Morgan fingerprint density at radius 1 is 1.31 bits per heavy atom. The molecule has 1 aromatic carbocycles. The molecular formula is C10H11Cl2N3O. The summed E-state index contributed by atoms with van der Waals surface area (Å²) in [7, 11) is 0. The first-order valence-electron chi connectivity index (χ1n) is 4.51. The molecule has 1 heterocycles. The Morgan fingerprint density at radius 3 is 2.62 bits per heavy atom. The van der Waals surface area contributed by atoms with Gasteiger partial charge in [0.1, 0.15) is 5.88 Å². The molecule has 0 fully saturated rings. The summed E-state index contributed by atoms with van der Waals surface area (Å²) in [4.78, 5) is 0. The van der Waals surface area contributed by atoms with Crippen molar-refractivity contribution in [1.29, 1.82) is 5.41 Å². The lowest BCUT2D eigenvalue weighted by atomic mass is 10.2. The van der Waals surface area contributed by atoms with E-state index in [0.717, 1.165) is 5.56 Å². The maximum Gasteiger partial charge on any atom is 0.269 e. The van der Waals surface area contributed by atoms with E-state index in [0.29, 0.717) is 12.2 Å². The minimum Gasteiger partial charge on any atom is -0.487 e. The van der Waals surface area contributed by atoms with Crippen LogP contribution in [0.2, 0.25) is 0 Å². The molecule has 0 saturated heterocycles. The van der Waals surface area contributed by atoms with Gasteiger partial charge in [-0.2, -0.15) is 0 Å². The van der Waals surface area contributed by atoms with Crippen LogP contribution in [0, 0.1) is 5.41 Å². The highest BCUT2D eigenvalue weighted by atomic mass is 35.5. The van der Waals surface area contributed by atoms with Crippen molar-refractivity contribution in [2.75, 3.05) is 0 Å². The smallest absolute Gasteiger partial charge is 0.269 e. The fourth-order valence-corrected chi connectivity index (χ4v) is 1.58. The first-order valence-corrected chi connectivity index (χ1v) is 5.05. The van der Waals surface area contributed by atoms with Crippen molar-refractivity contribution in [3.63, 3.8) is 0 Å². The number of halogens is 2. The summed E-state index contributed by atoms with van der Waals surface area (Å²) in [6.45, 7) is 0.575. The third kappa shape index (κ3) is 2.65. The molecule has 6 heteroatoms. The van der Waals surface area contributed by atoms with Crippen molar-refractivity contribution in [3.8, 4) is 0 Å². The SMILES string of the molecule is Cl.N=c1o[n-][n+](Cc2ccccc2)c1CCl. The molecule has 0 aliphatic rings. The van der Waals surface area contributed by atoms with E-state index in [9.17, 15) is 0 Å². The molecule has 2 aromatic rings. The monoisotopic (exact) mass is 259 g/mol. The molecule has 86 valence electrons. The zero-order valence-corrected chi connectivity index (χ0v) is 9.96. The fraction of sp³-hybridized carbons (Fsp3) is 0.200. The van der Waals surface area contributed by atoms with Gasteiger partial charge in [0.05, 0.1) is 0 Å². The molecule has 2 rings (SSSR count). The summed E-state index contributed by atoms with van der Waals surface area (Å²) < 4.78 is 6.36. The molecule has 0 amide bonds. The molecule has 0 atom stereocenters. The largest absolute Gasteiger partial charge is 0.487 e. The number of aromatic nitrogens is 2. The number of nitrogens with zero attached hydrogens (tertiary/aromatic N) is 2. The van der Waals surface area contributed by atoms with E-state index in [2.05, 4.69) is 5.27 Å². The average molecular weight is 260 g/mol. The summed E-state index contributed by atoms with van der Waals surface area (Å²) in [6.07, 6.45) is 0. The molecule has 4 nitrogen and oxygen atoms in total. The zero-order chi connectivity index (χ0) is 10.7. The van der Waals surface area contributed by atoms with Gasteiger partial charge in [-0.25, -0.2) is 4.68 Å². The number of nitrogens with one attached hydrogen (secondary N) is 1. The van der Waals surface area contributed by atoms with Crippen molar-refractivity contribution >= 4 is 24.0 Å². The van der Waals surface area contributed by atoms with Gasteiger partial charge in [0.15, 0.2) is 6.54 Å². The minimum absolute atomic E-state index is 0. The molecule has 1 aromatic heterocycles. The molecule has 0 bridgehead atoms. The quantitative estimate of drug-likeness (QED) is 0.666. The molecule has 1 N–H and O–H groups in total. The number of hydrogen-bond acceptors (Lipinski definition) is 2. The third-order valence-corrected chi connectivity index (χ3v) is 2.36. The van der Waals surface area contributed by atoms with Gasteiger partial charge in [-0.1, -0.05) is 30.3 Å². The van der Waals surface area contributed by atoms with Crippen LogP contribution in [0.1, 0.15) is 11.3 Å². The molecule has 0 aliphatic carbocycles. The maximum absolute atomic E-state index is 7.42. The normalized spacial score (nSPS) is 9.81. The number of benzene rings is 1. The maximum atomic E-state index is 7.42. The van der Waals surface area contributed by atoms with Crippen LogP contribution in [0.3, 0.4) is 0 Å². The van der Waals surface area contributed by atoms with E-state index in [1.54, 1.807) is 4.68 Å². The first kappa shape index (κ1) is 12.8. The molecule has 0 aliphatic heterocycles. The van der Waals surface area contributed by atoms with Crippen LogP contribution in [0.4, 0.5) is 0 Å². The predicted molar refractivity (Wildman–Crippen MR) is 60.4 cm³/mol. The van der Waals surface area contributed by atoms with Gasteiger partial charge < -0.3 is 4.52 Å². The van der Waals surface area contributed by atoms with Crippen LogP contribution in [0.5, 0.6) is 0 Å². The van der Waals surface area contributed by atoms with E-state index in [4.69, 9.17) is 21.5 Å². The van der Waals surface area contributed by atoms with Gasteiger partial charge in [-0.3, -0.25) is 10.7 Å². The zero-order valence-electron chi connectivity index (χ0n) is 8.39. The van der Waals surface area contributed by atoms with Gasteiger partial charge in [0, 0.05) is 5.56 Å². The summed E-state index contributed by atoms with van der Waals surface area (Å²) >= 11 is 5.70. The van der Waals surface area contributed by atoms with E-state index >= 15 is 0 Å². The Labute approximate surface area is 104 Å². The second-order valence-electron chi connectivity index (χ2n) is 3.13. The van der Waals surface area contributed by atoms with E-state index in [1.807, 2.05) is 30.3 Å². The van der Waals surface area contributed by atoms with E-state index in [1.165, 1.54) is 0 Å². The van der Waals surface area contributed by atoms with Crippen LogP contribution >= 0.6 is 24.0 Å². The van der Waals surface area contributed by atoms with Crippen LogP contribution in [-0.4, -0.2) is 0 Å². The Hall–Kier alpha value is -1.26. The van der Waals surface area contributed by atoms with Gasteiger partial charge in [-0.15, -0.1) is 24.0 Å². The topological polar surface area (TPSA) is 55.0 Å². The lowest BCUT2D eigenvalue weighted by Crippen LogP contribution is -2.42. The van der Waals surface area contributed by atoms with E-state index < -0.39 is 0 Å². The lowest BCUT2D eigenvalue weighted by Gasteiger charge is -2.00. The second kappa shape index (κ2) is 5.72. The van der Waals surface area contributed by atoms with Gasteiger partial charge in [0.2, 0.25) is 5.69 Å². The Bertz CT molecular complexity index is 492. The summed E-state index contributed by atoms with van der Waals surface area (Å²) in [5, 5.41) is 11.2. The van der Waals surface area contributed by atoms with E-state index in [-0.39, 0.29) is 23.8 Å². The summed E-state index contributed by atoms with van der Waals surface area (Å²) in [6, 6.07) is 9.85. The first-order chi connectivity index (χ1) is 7.31. The van der Waals surface area contributed by atoms with Crippen molar-refractivity contribution in [1.82, 2.24) is 5.27 Å². The standard InChI is InChI=1S/C10H10ClN3O.ClH/c11-6-9-10(12)15-13-14(9)7-8-4-2-1-3-5-8;/h1-5,12H,6-7H2;1H. The number of alkyl halides is 1. The van der Waals surface area contributed by atoms with Crippen molar-refractivity contribution in [2.24, 2.45) is 0 Å². The highest BCUT2D eigenvalue weighted by Crippen LogP contribution is 1.98. The van der Waals surface area contributed by atoms with Crippen molar-refractivity contribution in [2.45, 2.75) is 12.4 Å². The molecule has 0 radical (unpaired) electrons. The van der Waals surface area contributed by atoms with Crippen LogP contribution < -0.4 is 15.5 Å². The summed E-state index contributed by atoms with van der Waals surface area (Å²) in [5.41, 5.74) is 1.73. The van der Waals surface area contributed by atoms with Crippen LogP contribution in [0.25, 0.3) is 0 Å². The second-order valence-corrected chi connectivity index (χ2v) is 3.39. The van der Waals surface area contributed by atoms with Crippen LogP contribution in [0.15, 0.2) is 34.9 Å². The minimum atomic E-state index is 0. The molecule has 0 unspecified atom stereocenters. The highest BCUT2D eigenvalue weighted by Gasteiger charge is 2.10. The van der Waals surface area contributed by atoms with Crippen LogP contribution in [-0.2, 0) is 12.4 Å². The molecule has 0 spiro atoms. The number of hydrogen-bond donors (Lipinski definition) is 1. The van der Waals surface area contributed by atoms with Gasteiger partial charge >= 0.3 is 0 Å². The Kier molecular flexibility index (Phi) is 4.58. The number of rotatable bonds is 3. The molecule has 0 saturated carbocycles. The molecule has 16 heavy (non-hydrogen) atoms. The Morgan fingerprint density at radius 2 is 2.00 bits per heavy atom. The third-order valence-electron chi connectivity index (χ3n) is 2.11. The lowest BCUT2D eigenvalue weighted by molar-refractivity contribution is -0.765. The fourth-order valence-electron chi connectivity index (χ4n) is 1.32. The van der Waals surface area contributed by atoms with Crippen molar-refractivity contribution < 1.29 is 9.20 Å². The molecular weight excluding hydrogens is 249 g/mol. The average Bonchev–Trinajstić information content (AvgIpc) is 2.61. The van der Waals surface area contributed by atoms with Crippen molar-refractivity contribution in [3.05, 3.63) is 47.1 Å².